The van der Waals surface area contributed by atoms with Crippen LogP contribution in [0.15, 0.2) is 42.5 Å². The monoisotopic (exact) mass is 204 g/mol. The second kappa shape index (κ2) is 6.82. The molecule has 80 valence electrons. The minimum Gasteiger partial charge on any atom is -0.461 e. The summed E-state index contributed by atoms with van der Waals surface area (Å²) in [5.41, 5.74) is 1.17. The Morgan fingerprint density at radius 1 is 1.33 bits per heavy atom. The van der Waals surface area contributed by atoms with Crippen LogP contribution in [0.25, 0.3) is 0 Å². The Labute approximate surface area is 90.6 Å². The number of benzene rings is 1. The molecule has 0 atom stereocenters. The van der Waals surface area contributed by atoms with Crippen LogP contribution in [-0.2, 0) is 16.0 Å². The zero-order chi connectivity index (χ0) is 10.9. The van der Waals surface area contributed by atoms with Crippen molar-refractivity contribution in [2.45, 2.75) is 19.8 Å². The van der Waals surface area contributed by atoms with Gasteiger partial charge in [0.25, 0.3) is 0 Å². The zero-order valence-corrected chi connectivity index (χ0v) is 8.98. The maximum Gasteiger partial charge on any atom is 0.306 e. The third-order valence-corrected chi connectivity index (χ3v) is 2.04. The highest BCUT2D eigenvalue weighted by atomic mass is 16.5. The molecule has 1 aromatic rings. The summed E-state index contributed by atoms with van der Waals surface area (Å²) in [6.45, 7) is 2.28. The highest BCUT2D eigenvalue weighted by Crippen LogP contribution is 2.03. The van der Waals surface area contributed by atoms with E-state index in [1.54, 1.807) is 0 Å². The van der Waals surface area contributed by atoms with Crippen molar-refractivity contribution in [1.82, 2.24) is 0 Å². The fourth-order valence-corrected chi connectivity index (χ4v) is 1.20. The largest absolute Gasteiger partial charge is 0.461 e. The van der Waals surface area contributed by atoms with E-state index in [9.17, 15) is 4.79 Å². The van der Waals surface area contributed by atoms with Crippen molar-refractivity contribution in [2.75, 3.05) is 6.61 Å². The minimum absolute atomic E-state index is 0.142. The molecule has 0 aliphatic rings. The van der Waals surface area contributed by atoms with Gasteiger partial charge in [-0.2, -0.15) is 0 Å². The van der Waals surface area contributed by atoms with Crippen molar-refractivity contribution in [2.24, 2.45) is 0 Å². The summed E-state index contributed by atoms with van der Waals surface area (Å²) < 4.78 is 4.98. The number of rotatable bonds is 5. The van der Waals surface area contributed by atoms with Gasteiger partial charge in [0.1, 0.15) is 6.61 Å². The van der Waals surface area contributed by atoms with Gasteiger partial charge < -0.3 is 4.74 Å². The highest BCUT2D eigenvalue weighted by Gasteiger charge is 2.01. The normalized spacial score (nSPS) is 10.5. The van der Waals surface area contributed by atoms with Gasteiger partial charge >= 0.3 is 5.97 Å². The average molecular weight is 204 g/mol. The van der Waals surface area contributed by atoms with Crippen LogP contribution < -0.4 is 0 Å². The summed E-state index contributed by atoms with van der Waals surface area (Å²) in [6.07, 6.45) is 4.88. The first-order chi connectivity index (χ1) is 7.33. The Hall–Kier alpha value is -1.57. The second-order valence-electron chi connectivity index (χ2n) is 3.24. The molecule has 0 heterocycles. The summed E-state index contributed by atoms with van der Waals surface area (Å²) in [5.74, 6) is -0.142. The lowest BCUT2D eigenvalue weighted by Gasteiger charge is -2.01. The van der Waals surface area contributed by atoms with Gasteiger partial charge in [-0.25, -0.2) is 0 Å². The Bertz CT molecular complexity index is 315. The molecule has 0 unspecified atom stereocenters. The van der Waals surface area contributed by atoms with Gasteiger partial charge in [-0.1, -0.05) is 42.5 Å². The molecule has 1 aromatic carbocycles. The lowest BCUT2D eigenvalue weighted by atomic mass is 10.1. The molecule has 0 aliphatic carbocycles. The summed E-state index contributed by atoms with van der Waals surface area (Å²) in [5, 5.41) is 0. The fraction of sp³-hybridized carbons (Fsp3) is 0.308. The van der Waals surface area contributed by atoms with Crippen molar-refractivity contribution >= 4 is 5.97 Å². The SMILES string of the molecule is C/C=C\COC(=O)CCc1ccccc1. The molecule has 0 N–H and O–H groups in total. The number of allylic oxidation sites excluding steroid dienone is 1. The van der Waals surface area contributed by atoms with E-state index >= 15 is 0 Å². The molecule has 0 spiro atoms. The quantitative estimate of drug-likeness (QED) is 0.544. The molecule has 15 heavy (non-hydrogen) atoms. The second-order valence-corrected chi connectivity index (χ2v) is 3.24. The van der Waals surface area contributed by atoms with Crippen LogP contribution in [0.5, 0.6) is 0 Å². The molecule has 0 amide bonds. The first-order valence-electron chi connectivity index (χ1n) is 5.13. The van der Waals surface area contributed by atoms with Crippen LogP contribution in [0, 0.1) is 0 Å². The van der Waals surface area contributed by atoms with Crippen molar-refractivity contribution in [1.29, 1.82) is 0 Å². The average Bonchev–Trinajstić information content (AvgIpc) is 2.28. The van der Waals surface area contributed by atoms with Gasteiger partial charge in [0.2, 0.25) is 0 Å². The van der Waals surface area contributed by atoms with Gasteiger partial charge in [0, 0.05) is 6.42 Å². The predicted molar refractivity (Wildman–Crippen MR) is 60.5 cm³/mol. The maximum atomic E-state index is 11.2. The Morgan fingerprint density at radius 2 is 2.07 bits per heavy atom. The van der Waals surface area contributed by atoms with Gasteiger partial charge in [-0.05, 0) is 18.9 Å². The number of carbonyl (C=O) groups excluding carboxylic acids is 1. The standard InChI is InChI=1S/C13H16O2/c1-2-3-11-15-13(14)10-9-12-7-5-4-6-8-12/h2-8H,9-11H2,1H3/b3-2-. The molecule has 2 nitrogen and oxygen atoms in total. The molecule has 0 aromatic heterocycles. The van der Waals surface area contributed by atoms with Crippen LogP contribution in [0.3, 0.4) is 0 Å². The molecule has 0 saturated heterocycles. The number of carbonyl (C=O) groups is 1. The Morgan fingerprint density at radius 3 is 2.73 bits per heavy atom. The lowest BCUT2D eigenvalue weighted by Crippen LogP contribution is -2.05. The molecule has 2 heteroatoms. The summed E-state index contributed by atoms with van der Waals surface area (Å²) >= 11 is 0. The van der Waals surface area contributed by atoms with E-state index in [1.807, 2.05) is 49.4 Å². The first kappa shape index (κ1) is 11.5. The first-order valence-corrected chi connectivity index (χ1v) is 5.13. The number of hydrogen-bond donors (Lipinski definition) is 0. The van der Waals surface area contributed by atoms with Crippen molar-refractivity contribution < 1.29 is 9.53 Å². The van der Waals surface area contributed by atoms with Crippen molar-refractivity contribution in [3.63, 3.8) is 0 Å². The van der Waals surface area contributed by atoms with Crippen LogP contribution in [0.4, 0.5) is 0 Å². The number of aryl methyl sites for hydroxylation is 1. The van der Waals surface area contributed by atoms with Gasteiger partial charge in [0.15, 0.2) is 0 Å². The molecular weight excluding hydrogens is 188 g/mol. The van der Waals surface area contributed by atoms with Gasteiger partial charge in [-0.3, -0.25) is 4.79 Å². The third-order valence-electron chi connectivity index (χ3n) is 2.04. The summed E-state index contributed by atoms with van der Waals surface area (Å²) in [7, 11) is 0. The minimum atomic E-state index is -0.142. The Balaban J connectivity index is 2.23. The molecular formula is C13H16O2. The smallest absolute Gasteiger partial charge is 0.306 e. The molecule has 0 saturated carbocycles. The molecule has 0 fully saturated rings. The Kier molecular flexibility index (Phi) is 5.23. The number of ether oxygens (including phenoxy) is 1. The van der Waals surface area contributed by atoms with E-state index in [1.165, 1.54) is 5.56 Å². The molecule has 0 bridgehead atoms. The predicted octanol–water partition coefficient (Wildman–Crippen LogP) is 2.74. The van der Waals surface area contributed by atoms with Crippen LogP contribution in [-0.4, -0.2) is 12.6 Å². The topological polar surface area (TPSA) is 26.3 Å². The van der Waals surface area contributed by atoms with E-state index in [-0.39, 0.29) is 5.97 Å². The van der Waals surface area contributed by atoms with Crippen LogP contribution >= 0.6 is 0 Å². The van der Waals surface area contributed by atoms with Crippen LogP contribution in [0.1, 0.15) is 18.9 Å². The third kappa shape index (κ3) is 5.01. The van der Waals surface area contributed by atoms with E-state index < -0.39 is 0 Å². The maximum absolute atomic E-state index is 11.2. The summed E-state index contributed by atoms with van der Waals surface area (Å²) in [4.78, 5) is 11.2. The van der Waals surface area contributed by atoms with Crippen molar-refractivity contribution in [3.05, 3.63) is 48.0 Å². The number of hydrogen-bond acceptors (Lipinski definition) is 2. The molecule has 1 rings (SSSR count). The zero-order valence-electron chi connectivity index (χ0n) is 8.98. The van der Waals surface area contributed by atoms with Crippen LogP contribution in [0.2, 0.25) is 0 Å². The molecule has 0 radical (unpaired) electrons. The van der Waals surface area contributed by atoms with Gasteiger partial charge in [0.05, 0.1) is 0 Å². The van der Waals surface area contributed by atoms with E-state index in [0.717, 1.165) is 6.42 Å². The molecule has 0 aliphatic heterocycles. The summed E-state index contributed by atoms with van der Waals surface area (Å²) in [6, 6.07) is 9.94. The van der Waals surface area contributed by atoms with E-state index in [0.29, 0.717) is 13.0 Å². The van der Waals surface area contributed by atoms with E-state index in [4.69, 9.17) is 4.74 Å². The van der Waals surface area contributed by atoms with E-state index in [2.05, 4.69) is 0 Å². The van der Waals surface area contributed by atoms with Crippen molar-refractivity contribution in [3.8, 4) is 0 Å². The number of esters is 1. The highest BCUT2D eigenvalue weighted by molar-refractivity contribution is 5.69. The fourth-order valence-electron chi connectivity index (χ4n) is 1.20. The van der Waals surface area contributed by atoms with Gasteiger partial charge in [-0.15, -0.1) is 0 Å². The lowest BCUT2D eigenvalue weighted by molar-refractivity contribution is -0.142.